The van der Waals surface area contributed by atoms with Crippen LogP contribution in [0.2, 0.25) is 0 Å². The van der Waals surface area contributed by atoms with E-state index in [2.05, 4.69) is 53.5 Å². The Morgan fingerprint density at radius 2 is 1.37 bits per heavy atom. The van der Waals surface area contributed by atoms with Gasteiger partial charge >= 0.3 is 0 Å². The van der Waals surface area contributed by atoms with Crippen LogP contribution in [-0.2, 0) is 0 Å². The molecular weight excluding hydrogens is 336 g/mol. The van der Waals surface area contributed by atoms with Crippen molar-refractivity contribution < 1.29 is 4.79 Å². The molecule has 0 saturated heterocycles. The molecule has 1 amide bonds. The van der Waals surface area contributed by atoms with Crippen LogP contribution in [0, 0.1) is 34.6 Å². The van der Waals surface area contributed by atoms with Gasteiger partial charge in [0.25, 0.3) is 5.91 Å². The van der Waals surface area contributed by atoms with E-state index in [1.54, 1.807) is 0 Å². The summed E-state index contributed by atoms with van der Waals surface area (Å²) in [6, 6.07) is 10.1. The summed E-state index contributed by atoms with van der Waals surface area (Å²) in [5.74, 6) is 0.246. The monoisotopic (exact) mass is 360 g/mol. The minimum atomic E-state index is -0.221. The fourth-order valence-corrected chi connectivity index (χ4v) is 3.20. The van der Waals surface area contributed by atoms with Gasteiger partial charge in [-0.2, -0.15) is 0 Å². The molecule has 5 heteroatoms. The van der Waals surface area contributed by atoms with E-state index in [1.807, 2.05) is 32.0 Å². The van der Waals surface area contributed by atoms with Crippen LogP contribution in [0.25, 0.3) is 0 Å². The third-order valence-corrected chi connectivity index (χ3v) is 4.55. The van der Waals surface area contributed by atoms with E-state index in [9.17, 15) is 4.79 Å². The van der Waals surface area contributed by atoms with Crippen molar-refractivity contribution in [2.45, 2.75) is 34.6 Å². The Hall–Kier alpha value is -3.21. The van der Waals surface area contributed by atoms with Crippen LogP contribution in [0.15, 0.2) is 42.7 Å². The van der Waals surface area contributed by atoms with E-state index in [0.29, 0.717) is 11.5 Å². The van der Waals surface area contributed by atoms with Gasteiger partial charge in [0.1, 0.15) is 0 Å². The maximum Gasteiger partial charge on any atom is 0.258 e. The molecule has 0 aliphatic heterocycles. The molecule has 2 aromatic carbocycles. The second-order valence-corrected chi connectivity index (χ2v) is 6.91. The van der Waals surface area contributed by atoms with Crippen LogP contribution in [0.4, 0.5) is 17.3 Å². The van der Waals surface area contributed by atoms with Crippen molar-refractivity contribution in [1.82, 2.24) is 9.97 Å². The average molecular weight is 360 g/mol. The first-order valence-electron chi connectivity index (χ1n) is 8.89. The van der Waals surface area contributed by atoms with Gasteiger partial charge in [-0.25, -0.2) is 9.97 Å². The van der Waals surface area contributed by atoms with Crippen molar-refractivity contribution in [3.8, 4) is 0 Å². The molecule has 0 fully saturated rings. The Morgan fingerprint density at radius 3 is 1.93 bits per heavy atom. The molecule has 0 radical (unpaired) electrons. The normalized spacial score (nSPS) is 10.6. The number of nitrogens with one attached hydrogen (secondary N) is 2. The summed E-state index contributed by atoms with van der Waals surface area (Å²) in [6.07, 6.45) is 3.08. The molecule has 0 unspecified atom stereocenters. The Bertz CT molecular complexity index is 950. The van der Waals surface area contributed by atoms with Crippen molar-refractivity contribution in [3.63, 3.8) is 0 Å². The molecule has 0 aliphatic carbocycles. The van der Waals surface area contributed by atoms with Crippen LogP contribution in [0.1, 0.15) is 38.2 Å². The highest BCUT2D eigenvalue weighted by atomic mass is 16.1. The van der Waals surface area contributed by atoms with E-state index >= 15 is 0 Å². The Labute approximate surface area is 159 Å². The predicted octanol–water partition coefficient (Wildman–Crippen LogP) is 5.01. The summed E-state index contributed by atoms with van der Waals surface area (Å²) in [6.45, 7) is 10.1. The predicted molar refractivity (Wildman–Crippen MR) is 110 cm³/mol. The molecule has 0 spiro atoms. The first-order valence-corrected chi connectivity index (χ1v) is 8.89. The Morgan fingerprint density at radius 1 is 0.815 bits per heavy atom. The number of carbonyl (C=O) groups excluding carboxylic acids is 1. The molecule has 0 atom stereocenters. The third kappa shape index (κ3) is 4.14. The van der Waals surface area contributed by atoms with Crippen LogP contribution in [0.3, 0.4) is 0 Å². The van der Waals surface area contributed by atoms with Gasteiger partial charge < -0.3 is 10.6 Å². The SMILES string of the molecule is Cc1cc(C)c(Nc2ncc(C(=O)Nc3c(C)cccc3C)cn2)c(C)c1. The lowest BCUT2D eigenvalue weighted by atomic mass is 10.1. The van der Waals surface area contributed by atoms with Gasteiger partial charge in [-0.15, -0.1) is 0 Å². The summed E-state index contributed by atoms with van der Waals surface area (Å²) in [5, 5.41) is 6.20. The van der Waals surface area contributed by atoms with Gasteiger partial charge in [-0.1, -0.05) is 35.9 Å². The van der Waals surface area contributed by atoms with E-state index in [-0.39, 0.29) is 5.91 Å². The second-order valence-electron chi connectivity index (χ2n) is 6.91. The van der Waals surface area contributed by atoms with E-state index in [1.165, 1.54) is 18.0 Å². The first kappa shape index (κ1) is 18.6. The average Bonchev–Trinajstić information content (AvgIpc) is 2.61. The highest BCUT2D eigenvalue weighted by Gasteiger charge is 2.12. The lowest BCUT2D eigenvalue weighted by Gasteiger charge is -2.13. The summed E-state index contributed by atoms with van der Waals surface area (Å²) in [5.41, 5.74) is 7.76. The number of carbonyl (C=O) groups is 1. The lowest BCUT2D eigenvalue weighted by molar-refractivity contribution is 0.102. The highest BCUT2D eigenvalue weighted by molar-refractivity contribution is 6.04. The molecule has 138 valence electrons. The number of benzene rings is 2. The minimum Gasteiger partial charge on any atom is -0.324 e. The minimum absolute atomic E-state index is 0.221. The number of hydrogen-bond donors (Lipinski definition) is 2. The molecule has 1 aromatic heterocycles. The van der Waals surface area contributed by atoms with Crippen LogP contribution >= 0.6 is 0 Å². The van der Waals surface area contributed by atoms with Crippen molar-refractivity contribution in [2.75, 3.05) is 10.6 Å². The molecular formula is C22H24N4O. The standard InChI is InChI=1S/C22H24N4O/c1-13-9-16(4)20(17(5)10-13)26-22-23-11-18(12-24-22)21(27)25-19-14(2)7-6-8-15(19)3/h6-12H,1-5H3,(H,25,27)(H,23,24,26). The molecule has 5 nitrogen and oxygen atoms in total. The van der Waals surface area contributed by atoms with Gasteiger partial charge in [0.15, 0.2) is 0 Å². The number of anilines is 3. The topological polar surface area (TPSA) is 66.9 Å². The van der Waals surface area contributed by atoms with E-state index < -0.39 is 0 Å². The number of nitrogens with zero attached hydrogens (tertiary/aromatic N) is 2. The fourth-order valence-electron chi connectivity index (χ4n) is 3.20. The van der Waals surface area contributed by atoms with Crippen LogP contribution in [0.5, 0.6) is 0 Å². The third-order valence-electron chi connectivity index (χ3n) is 4.55. The molecule has 0 aliphatic rings. The van der Waals surface area contributed by atoms with Crippen molar-refractivity contribution in [3.05, 3.63) is 76.1 Å². The summed E-state index contributed by atoms with van der Waals surface area (Å²) in [4.78, 5) is 21.1. The van der Waals surface area contributed by atoms with Crippen molar-refractivity contribution in [2.24, 2.45) is 0 Å². The molecule has 0 saturated carbocycles. The Kier molecular flexibility index (Phi) is 5.21. The maximum absolute atomic E-state index is 12.5. The quantitative estimate of drug-likeness (QED) is 0.686. The molecule has 1 heterocycles. The van der Waals surface area contributed by atoms with Gasteiger partial charge in [0.2, 0.25) is 5.95 Å². The zero-order valence-electron chi connectivity index (χ0n) is 16.3. The molecule has 3 aromatic rings. The molecule has 2 N–H and O–H groups in total. The summed E-state index contributed by atoms with van der Waals surface area (Å²) >= 11 is 0. The molecule has 0 bridgehead atoms. The van der Waals surface area contributed by atoms with E-state index in [0.717, 1.165) is 33.6 Å². The largest absolute Gasteiger partial charge is 0.324 e. The van der Waals surface area contributed by atoms with Crippen molar-refractivity contribution in [1.29, 1.82) is 0 Å². The zero-order valence-corrected chi connectivity index (χ0v) is 16.3. The number of aryl methyl sites for hydroxylation is 5. The first-order chi connectivity index (χ1) is 12.8. The summed E-state index contributed by atoms with van der Waals surface area (Å²) in [7, 11) is 0. The number of amides is 1. The summed E-state index contributed by atoms with van der Waals surface area (Å²) < 4.78 is 0. The van der Waals surface area contributed by atoms with Crippen LogP contribution in [-0.4, -0.2) is 15.9 Å². The van der Waals surface area contributed by atoms with Crippen molar-refractivity contribution >= 4 is 23.2 Å². The second kappa shape index (κ2) is 7.58. The van der Waals surface area contributed by atoms with Crippen LogP contribution < -0.4 is 10.6 Å². The van der Waals surface area contributed by atoms with E-state index in [4.69, 9.17) is 0 Å². The van der Waals surface area contributed by atoms with Gasteiger partial charge in [-0.3, -0.25) is 4.79 Å². The highest BCUT2D eigenvalue weighted by Crippen LogP contribution is 2.24. The van der Waals surface area contributed by atoms with Gasteiger partial charge in [0.05, 0.1) is 5.56 Å². The number of aromatic nitrogens is 2. The van der Waals surface area contributed by atoms with Gasteiger partial charge in [0, 0.05) is 23.8 Å². The lowest BCUT2D eigenvalue weighted by Crippen LogP contribution is -2.15. The number of hydrogen-bond acceptors (Lipinski definition) is 4. The number of para-hydroxylation sites is 1. The fraction of sp³-hybridized carbons (Fsp3) is 0.227. The Balaban J connectivity index is 1.77. The zero-order chi connectivity index (χ0) is 19.6. The smallest absolute Gasteiger partial charge is 0.258 e. The number of rotatable bonds is 4. The molecule has 3 rings (SSSR count). The molecule has 27 heavy (non-hydrogen) atoms. The maximum atomic E-state index is 12.5. The van der Waals surface area contributed by atoms with Gasteiger partial charge in [-0.05, 0) is 56.9 Å².